The molecule has 0 aromatic heterocycles. The van der Waals surface area contributed by atoms with Crippen molar-refractivity contribution in [3.8, 4) is 11.5 Å². The highest BCUT2D eigenvalue weighted by atomic mass is 16.5. The Bertz CT molecular complexity index is 742. The molecule has 0 bridgehead atoms. The lowest BCUT2D eigenvalue weighted by atomic mass is 10.2. The van der Waals surface area contributed by atoms with E-state index in [1.54, 1.807) is 39.3 Å². The number of hydrogen-bond acceptors (Lipinski definition) is 5. The minimum atomic E-state index is -0.424. The number of carbonyl (C=O) groups is 1. The van der Waals surface area contributed by atoms with Crippen molar-refractivity contribution in [2.45, 2.75) is 19.9 Å². The second-order valence-electron chi connectivity index (χ2n) is 5.57. The van der Waals surface area contributed by atoms with Crippen LogP contribution in [-0.2, 0) is 4.79 Å². The normalized spacial score (nSPS) is 11.8. The van der Waals surface area contributed by atoms with Crippen molar-refractivity contribution >= 4 is 17.8 Å². The molecule has 2 N–H and O–H groups in total. The third-order valence-electron chi connectivity index (χ3n) is 3.64. The average Bonchev–Trinajstić information content (AvgIpc) is 2.63. The van der Waals surface area contributed by atoms with E-state index in [0.29, 0.717) is 17.1 Å². The van der Waals surface area contributed by atoms with Gasteiger partial charge in [-0.15, -0.1) is 0 Å². The van der Waals surface area contributed by atoms with Crippen LogP contribution in [-0.4, -0.2) is 32.4 Å². The van der Waals surface area contributed by atoms with Crippen molar-refractivity contribution in [3.63, 3.8) is 0 Å². The number of benzene rings is 2. The van der Waals surface area contributed by atoms with Crippen LogP contribution in [0.5, 0.6) is 11.5 Å². The summed E-state index contributed by atoms with van der Waals surface area (Å²) in [6.45, 7) is 3.79. The minimum absolute atomic E-state index is 0.237. The van der Waals surface area contributed by atoms with Gasteiger partial charge in [-0.3, -0.25) is 4.79 Å². The van der Waals surface area contributed by atoms with Crippen molar-refractivity contribution in [2.24, 2.45) is 5.10 Å². The van der Waals surface area contributed by atoms with Crippen LogP contribution in [0.4, 0.5) is 5.69 Å². The zero-order chi connectivity index (χ0) is 18.2. The zero-order valence-electron chi connectivity index (χ0n) is 14.9. The summed E-state index contributed by atoms with van der Waals surface area (Å²) < 4.78 is 10.4. The first-order valence-corrected chi connectivity index (χ1v) is 7.91. The van der Waals surface area contributed by atoms with Gasteiger partial charge in [-0.2, -0.15) is 5.10 Å². The zero-order valence-corrected chi connectivity index (χ0v) is 14.9. The van der Waals surface area contributed by atoms with Crippen molar-refractivity contribution in [2.75, 3.05) is 19.5 Å². The Morgan fingerprint density at radius 3 is 2.48 bits per heavy atom. The molecule has 0 aliphatic rings. The molecule has 6 nitrogen and oxygen atoms in total. The maximum Gasteiger partial charge on any atom is 0.262 e. The Balaban J connectivity index is 1.96. The quantitative estimate of drug-likeness (QED) is 0.600. The molecular formula is C19H23N3O3. The van der Waals surface area contributed by atoms with E-state index in [-0.39, 0.29) is 5.91 Å². The van der Waals surface area contributed by atoms with Crippen LogP contribution in [0.2, 0.25) is 0 Å². The molecule has 0 fully saturated rings. The summed E-state index contributed by atoms with van der Waals surface area (Å²) in [6.07, 6.45) is 1.53. The van der Waals surface area contributed by atoms with Gasteiger partial charge in [-0.1, -0.05) is 17.7 Å². The third-order valence-corrected chi connectivity index (χ3v) is 3.64. The number of nitrogens with zero attached hydrogens (tertiary/aromatic N) is 1. The Labute approximate surface area is 147 Å². The van der Waals surface area contributed by atoms with E-state index in [1.165, 1.54) is 11.8 Å². The molecule has 0 saturated carbocycles. The number of aryl methyl sites for hydroxylation is 1. The summed E-state index contributed by atoms with van der Waals surface area (Å²) in [7, 11) is 3.16. The molecular weight excluding hydrogens is 318 g/mol. The number of carbonyl (C=O) groups excluding carboxylic acids is 1. The molecule has 0 saturated heterocycles. The van der Waals surface area contributed by atoms with Crippen LogP contribution in [0.25, 0.3) is 0 Å². The second kappa shape index (κ2) is 8.73. The number of methoxy groups -OCH3 is 2. The summed E-state index contributed by atoms with van der Waals surface area (Å²) >= 11 is 0. The topological polar surface area (TPSA) is 72.0 Å². The number of amides is 1. The molecule has 0 spiro atoms. The summed E-state index contributed by atoms with van der Waals surface area (Å²) in [5.41, 5.74) is 5.28. The number of rotatable bonds is 7. The summed E-state index contributed by atoms with van der Waals surface area (Å²) in [4.78, 5) is 12.1. The molecule has 2 aromatic carbocycles. The number of hydrazone groups is 1. The van der Waals surface area contributed by atoms with Gasteiger partial charge in [-0.05, 0) is 44.2 Å². The first-order valence-electron chi connectivity index (χ1n) is 7.91. The molecule has 0 aliphatic carbocycles. The van der Waals surface area contributed by atoms with Crippen LogP contribution >= 0.6 is 0 Å². The molecule has 0 aliphatic heterocycles. The monoisotopic (exact) mass is 341 g/mol. The van der Waals surface area contributed by atoms with Crippen LogP contribution in [0, 0.1) is 6.92 Å². The number of nitrogens with one attached hydrogen (secondary N) is 2. The maximum absolute atomic E-state index is 12.1. The smallest absolute Gasteiger partial charge is 0.262 e. The van der Waals surface area contributed by atoms with Gasteiger partial charge in [0, 0.05) is 11.3 Å². The van der Waals surface area contributed by atoms with E-state index in [1.807, 2.05) is 31.2 Å². The van der Waals surface area contributed by atoms with E-state index in [9.17, 15) is 4.79 Å². The number of ether oxygens (including phenoxy) is 2. The second-order valence-corrected chi connectivity index (χ2v) is 5.57. The van der Waals surface area contributed by atoms with Crippen molar-refractivity contribution < 1.29 is 14.3 Å². The molecule has 6 heteroatoms. The Kier molecular flexibility index (Phi) is 6.39. The first kappa shape index (κ1) is 18.3. The van der Waals surface area contributed by atoms with E-state index < -0.39 is 6.04 Å². The van der Waals surface area contributed by atoms with Crippen LogP contribution in [0.15, 0.2) is 47.6 Å². The SMILES string of the molecule is COc1ccc(OC)c(/C=N/NC(=O)C(C)Nc2ccc(C)cc2)c1. The lowest BCUT2D eigenvalue weighted by Gasteiger charge is -2.13. The highest BCUT2D eigenvalue weighted by Gasteiger charge is 2.11. The van der Waals surface area contributed by atoms with Gasteiger partial charge in [0.1, 0.15) is 17.5 Å². The van der Waals surface area contributed by atoms with Crippen molar-refractivity contribution in [1.82, 2.24) is 5.43 Å². The summed E-state index contributed by atoms with van der Waals surface area (Å²) in [5.74, 6) is 1.09. The number of anilines is 1. The van der Waals surface area contributed by atoms with E-state index in [4.69, 9.17) is 9.47 Å². The van der Waals surface area contributed by atoms with Crippen LogP contribution in [0.1, 0.15) is 18.1 Å². The van der Waals surface area contributed by atoms with Crippen molar-refractivity contribution in [3.05, 3.63) is 53.6 Å². The van der Waals surface area contributed by atoms with Crippen molar-refractivity contribution in [1.29, 1.82) is 0 Å². The Morgan fingerprint density at radius 1 is 1.12 bits per heavy atom. The van der Waals surface area contributed by atoms with Gasteiger partial charge in [0.25, 0.3) is 5.91 Å². The fourth-order valence-electron chi connectivity index (χ4n) is 2.17. The first-order chi connectivity index (χ1) is 12.0. The molecule has 2 rings (SSSR count). The van der Waals surface area contributed by atoms with Gasteiger partial charge >= 0.3 is 0 Å². The number of hydrogen-bond donors (Lipinski definition) is 2. The molecule has 1 amide bonds. The maximum atomic E-state index is 12.1. The standard InChI is InChI=1S/C19H23N3O3/c1-13-5-7-16(8-6-13)21-14(2)19(23)22-20-12-15-11-17(24-3)9-10-18(15)25-4/h5-12,14,21H,1-4H3,(H,22,23)/b20-12+. The fraction of sp³-hybridized carbons (Fsp3) is 0.263. The lowest BCUT2D eigenvalue weighted by molar-refractivity contribution is -0.121. The van der Waals surface area contributed by atoms with E-state index in [2.05, 4.69) is 15.8 Å². The lowest BCUT2D eigenvalue weighted by Crippen LogP contribution is -2.34. The third kappa shape index (κ3) is 5.24. The fourth-order valence-corrected chi connectivity index (χ4v) is 2.17. The average molecular weight is 341 g/mol. The van der Waals surface area contributed by atoms with Crippen LogP contribution in [0.3, 0.4) is 0 Å². The van der Waals surface area contributed by atoms with Crippen LogP contribution < -0.4 is 20.2 Å². The molecule has 25 heavy (non-hydrogen) atoms. The van der Waals surface area contributed by atoms with Gasteiger partial charge in [-0.25, -0.2) is 5.43 Å². The molecule has 132 valence electrons. The molecule has 0 heterocycles. The highest BCUT2D eigenvalue weighted by Crippen LogP contribution is 2.22. The minimum Gasteiger partial charge on any atom is -0.497 e. The highest BCUT2D eigenvalue weighted by molar-refractivity contribution is 5.88. The molecule has 2 aromatic rings. The summed E-state index contributed by atoms with van der Waals surface area (Å²) in [6, 6.07) is 12.8. The molecule has 1 unspecified atom stereocenters. The Hall–Kier alpha value is -3.02. The van der Waals surface area contributed by atoms with E-state index in [0.717, 1.165) is 5.69 Å². The van der Waals surface area contributed by atoms with Gasteiger partial charge in [0.2, 0.25) is 0 Å². The van der Waals surface area contributed by atoms with Gasteiger partial charge in [0.05, 0.1) is 20.4 Å². The van der Waals surface area contributed by atoms with Gasteiger partial charge < -0.3 is 14.8 Å². The predicted molar refractivity (Wildman–Crippen MR) is 99.5 cm³/mol. The summed E-state index contributed by atoms with van der Waals surface area (Å²) in [5, 5.41) is 7.13. The van der Waals surface area contributed by atoms with Gasteiger partial charge in [0.15, 0.2) is 0 Å². The van der Waals surface area contributed by atoms with E-state index >= 15 is 0 Å². The molecule has 0 radical (unpaired) electrons. The Morgan fingerprint density at radius 2 is 1.84 bits per heavy atom. The largest absolute Gasteiger partial charge is 0.497 e. The molecule has 1 atom stereocenters. The predicted octanol–water partition coefficient (Wildman–Crippen LogP) is 2.96.